The molecule has 222 valence electrons. The summed E-state index contributed by atoms with van der Waals surface area (Å²) >= 11 is 0. The molecule has 0 fully saturated rings. The lowest BCUT2D eigenvalue weighted by Crippen LogP contribution is -2.63. The van der Waals surface area contributed by atoms with Crippen LogP contribution in [0.5, 0.6) is 0 Å². The topological polar surface area (TPSA) is 54.4 Å². The molecule has 1 aliphatic carbocycles. The minimum Gasteiger partial charge on any atom is -0.281 e. The molecular weight excluding hydrogens is 599 g/mol. The van der Waals surface area contributed by atoms with Gasteiger partial charge in [0.05, 0.1) is 0 Å². The van der Waals surface area contributed by atoms with E-state index in [9.17, 15) is 47.9 Å². The molecule has 13 heteroatoms. The maximum atomic E-state index is 12.2. The summed E-state index contributed by atoms with van der Waals surface area (Å²) in [5, 5.41) is -7.00. The number of hydrogen-bond donors (Lipinski definition) is 1. The predicted molar refractivity (Wildman–Crippen MR) is 138 cm³/mol. The Hall–Kier alpha value is -3.84. The Morgan fingerprint density at radius 2 is 1.02 bits per heavy atom. The van der Waals surface area contributed by atoms with E-state index in [-0.39, 0.29) is 0 Å². The van der Waals surface area contributed by atoms with Gasteiger partial charge in [0.15, 0.2) is 0 Å². The Morgan fingerprint density at radius 1 is 0.548 bits per heavy atom. The van der Waals surface area contributed by atoms with E-state index >= 15 is 0 Å². The quantitative estimate of drug-likeness (QED) is 0.158. The van der Waals surface area contributed by atoms with Crippen LogP contribution in [0.3, 0.4) is 0 Å². The average molecular weight is 619 g/mol. The van der Waals surface area contributed by atoms with Crippen molar-refractivity contribution >= 4 is 10.1 Å². The Balaban J connectivity index is 0.000000211. The number of alkyl halides is 9. The van der Waals surface area contributed by atoms with Gasteiger partial charge < -0.3 is 0 Å². The van der Waals surface area contributed by atoms with Crippen LogP contribution in [0.2, 0.25) is 0 Å². The van der Waals surface area contributed by atoms with E-state index in [4.69, 9.17) is 4.55 Å². The van der Waals surface area contributed by atoms with Crippen molar-refractivity contribution in [2.24, 2.45) is 0 Å². The second kappa shape index (κ2) is 10.8. The molecule has 3 nitrogen and oxygen atoms in total. The zero-order valence-corrected chi connectivity index (χ0v) is 21.8. The van der Waals surface area contributed by atoms with Gasteiger partial charge in [-0.05, 0) is 50.9 Å². The third-order valence-electron chi connectivity index (χ3n) is 6.57. The Labute approximate surface area is 234 Å². The fraction of sp³-hybridized carbons (Fsp3) is 0.172. The summed E-state index contributed by atoms with van der Waals surface area (Å²) in [7, 11) is -7.17. The third kappa shape index (κ3) is 5.26. The largest absolute Gasteiger partial charge is 0.460 e. The highest BCUT2D eigenvalue weighted by atomic mass is 32.2. The molecule has 4 aromatic rings. The van der Waals surface area contributed by atoms with Crippen LogP contribution in [-0.4, -0.2) is 36.2 Å². The Morgan fingerprint density at radius 3 is 1.55 bits per heavy atom. The van der Waals surface area contributed by atoms with Gasteiger partial charge in [-0.3, -0.25) is 4.55 Å². The van der Waals surface area contributed by atoms with Crippen LogP contribution in [0.15, 0.2) is 97.1 Å². The molecule has 0 spiro atoms. The van der Waals surface area contributed by atoms with Crippen molar-refractivity contribution in [3.63, 3.8) is 0 Å². The standard InChI is InChI=1S/C25H18.C4HF9O3S/c1-3-9-18(10-4-1)22-15-16-23-21-14-8-7-13-20(21)17-24(23)25(22)19-11-5-2-6-12-19;5-1(6,3(9,10)11)2(7,8)4(12,13)17(14,15)16/h1-16H,17H2;(H,14,15,16). The molecule has 5 rings (SSSR count). The van der Waals surface area contributed by atoms with Crippen LogP contribution in [0.25, 0.3) is 33.4 Å². The number of benzene rings is 4. The minimum absolute atomic E-state index is 1.01. The van der Waals surface area contributed by atoms with Crippen molar-refractivity contribution < 1.29 is 52.5 Å². The van der Waals surface area contributed by atoms with E-state index in [1.54, 1.807) is 0 Å². The molecule has 0 bridgehead atoms. The summed E-state index contributed by atoms with van der Waals surface area (Å²) < 4.78 is 134. The van der Waals surface area contributed by atoms with E-state index in [0.717, 1.165) is 6.42 Å². The summed E-state index contributed by atoms with van der Waals surface area (Å²) in [5.41, 5.74) is 10.9. The fourth-order valence-electron chi connectivity index (χ4n) is 4.53. The maximum absolute atomic E-state index is 12.2. The first kappa shape index (κ1) is 31.1. The molecule has 0 aliphatic heterocycles. The Kier molecular flexibility index (Phi) is 7.98. The second-order valence-corrected chi connectivity index (χ2v) is 10.7. The molecule has 1 N–H and O–H groups in total. The van der Waals surface area contributed by atoms with Gasteiger partial charge in [-0.1, -0.05) is 97.1 Å². The van der Waals surface area contributed by atoms with E-state index in [0.29, 0.717) is 0 Å². The van der Waals surface area contributed by atoms with Gasteiger partial charge in [-0.15, -0.1) is 0 Å². The van der Waals surface area contributed by atoms with Gasteiger partial charge in [0, 0.05) is 0 Å². The Bertz CT molecular complexity index is 1690. The number of hydrogen-bond acceptors (Lipinski definition) is 2. The molecule has 42 heavy (non-hydrogen) atoms. The maximum Gasteiger partial charge on any atom is 0.460 e. The molecule has 0 amide bonds. The van der Waals surface area contributed by atoms with Crippen LogP contribution in [0.4, 0.5) is 39.5 Å². The van der Waals surface area contributed by atoms with Crippen LogP contribution in [-0.2, 0) is 16.5 Å². The van der Waals surface area contributed by atoms with Crippen molar-refractivity contribution in [3.05, 3.63) is 108 Å². The molecule has 1 aliphatic rings. The van der Waals surface area contributed by atoms with E-state index in [1.807, 2.05) is 0 Å². The van der Waals surface area contributed by atoms with Crippen LogP contribution in [0, 0.1) is 0 Å². The number of rotatable bonds is 5. The first-order chi connectivity index (χ1) is 19.4. The van der Waals surface area contributed by atoms with Crippen LogP contribution in [0.1, 0.15) is 11.1 Å². The number of halogens is 9. The third-order valence-corrected chi connectivity index (χ3v) is 7.48. The summed E-state index contributed by atoms with van der Waals surface area (Å²) in [6.45, 7) is 0. The van der Waals surface area contributed by atoms with Crippen molar-refractivity contribution in [1.82, 2.24) is 0 Å². The lowest BCUT2D eigenvalue weighted by Gasteiger charge is -2.31. The highest BCUT2D eigenvalue weighted by Gasteiger charge is 2.85. The first-order valence-corrected chi connectivity index (χ1v) is 13.4. The van der Waals surface area contributed by atoms with E-state index in [1.165, 1.54) is 44.5 Å². The summed E-state index contributed by atoms with van der Waals surface area (Å²) in [6, 6.07) is 34.9. The van der Waals surface area contributed by atoms with Gasteiger partial charge in [0.1, 0.15) is 0 Å². The highest BCUT2D eigenvalue weighted by molar-refractivity contribution is 7.87. The second-order valence-electron chi connectivity index (χ2n) is 9.22. The molecular formula is C29H19F9O3S. The molecule has 0 unspecified atom stereocenters. The summed E-state index contributed by atoms with van der Waals surface area (Å²) in [4.78, 5) is 0. The molecule has 0 saturated carbocycles. The molecule has 0 heterocycles. The van der Waals surface area contributed by atoms with Crippen molar-refractivity contribution in [3.8, 4) is 33.4 Å². The predicted octanol–water partition coefficient (Wildman–Crippen LogP) is 8.89. The minimum atomic E-state index is -7.37. The van der Waals surface area contributed by atoms with Gasteiger partial charge in [0.2, 0.25) is 0 Å². The van der Waals surface area contributed by atoms with Gasteiger partial charge >= 0.3 is 33.4 Å². The van der Waals surface area contributed by atoms with E-state index in [2.05, 4.69) is 97.1 Å². The molecule has 4 aromatic carbocycles. The smallest absolute Gasteiger partial charge is 0.281 e. The van der Waals surface area contributed by atoms with Crippen molar-refractivity contribution in [1.29, 1.82) is 0 Å². The first-order valence-electron chi connectivity index (χ1n) is 11.9. The van der Waals surface area contributed by atoms with Gasteiger partial charge in [-0.25, -0.2) is 0 Å². The van der Waals surface area contributed by atoms with Crippen LogP contribution < -0.4 is 0 Å². The summed E-state index contributed by atoms with van der Waals surface area (Å²) in [6.07, 6.45) is -6.12. The van der Waals surface area contributed by atoms with Gasteiger partial charge in [0.25, 0.3) is 0 Å². The zero-order valence-electron chi connectivity index (χ0n) is 21.0. The number of fused-ring (bicyclic) bond motifs is 3. The SMILES string of the molecule is O=S(=O)(O)C(F)(F)C(F)(F)C(F)(F)C(F)(F)F.c1ccc(-c2ccc3c(c2-c2ccccc2)Cc2ccccc2-3)cc1. The van der Waals surface area contributed by atoms with Crippen LogP contribution >= 0.6 is 0 Å². The van der Waals surface area contributed by atoms with E-state index < -0.39 is 33.4 Å². The molecule has 0 atom stereocenters. The molecule has 0 radical (unpaired) electrons. The normalized spacial score (nSPS) is 13.6. The summed E-state index contributed by atoms with van der Waals surface area (Å²) in [5.74, 6) is -14.7. The lowest BCUT2D eigenvalue weighted by molar-refractivity contribution is -0.382. The monoisotopic (exact) mass is 618 g/mol. The lowest BCUT2D eigenvalue weighted by atomic mass is 9.88. The molecule has 0 aromatic heterocycles. The van der Waals surface area contributed by atoms with Crippen molar-refractivity contribution in [2.45, 2.75) is 29.7 Å². The fourth-order valence-corrected chi connectivity index (χ4v) is 4.98. The zero-order chi connectivity index (χ0) is 31.1. The van der Waals surface area contributed by atoms with Gasteiger partial charge in [-0.2, -0.15) is 47.9 Å². The average Bonchev–Trinajstić information content (AvgIpc) is 3.31. The van der Waals surface area contributed by atoms with Crippen molar-refractivity contribution in [2.75, 3.05) is 0 Å². The highest BCUT2D eigenvalue weighted by Crippen LogP contribution is 2.54. The molecule has 0 saturated heterocycles.